The minimum absolute atomic E-state index is 0.0471. The summed E-state index contributed by atoms with van der Waals surface area (Å²) in [7, 11) is -3.28. The number of nitrogens with zero attached hydrogens (tertiary/aromatic N) is 3. The van der Waals surface area contributed by atoms with Crippen LogP contribution in [0, 0.1) is 0 Å². The fourth-order valence-electron chi connectivity index (χ4n) is 3.50. The van der Waals surface area contributed by atoms with Crippen molar-refractivity contribution in [2.45, 2.75) is 36.6 Å². The van der Waals surface area contributed by atoms with Gasteiger partial charge in [0.15, 0.2) is 15.5 Å². The Morgan fingerprint density at radius 3 is 2.46 bits per heavy atom. The number of benzene rings is 1. The predicted molar refractivity (Wildman–Crippen MR) is 105 cm³/mol. The van der Waals surface area contributed by atoms with Crippen molar-refractivity contribution in [1.82, 2.24) is 19.5 Å². The maximum Gasteiger partial charge on any atom is 0.318 e. The first-order valence-corrected chi connectivity index (χ1v) is 10.8. The lowest BCUT2D eigenvalue weighted by Crippen LogP contribution is -2.38. The van der Waals surface area contributed by atoms with Gasteiger partial charge in [-0.05, 0) is 37.1 Å². The van der Waals surface area contributed by atoms with E-state index >= 15 is 0 Å². The van der Waals surface area contributed by atoms with Gasteiger partial charge < -0.3 is 10.3 Å². The van der Waals surface area contributed by atoms with Gasteiger partial charge in [-0.1, -0.05) is 12.8 Å². The minimum atomic E-state index is -3.28. The van der Waals surface area contributed by atoms with Crippen molar-refractivity contribution in [2.24, 2.45) is 0 Å². The van der Waals surface area contributed by atoms with E-state index in [-0.39, 0.29) is 16.9 Å². The first-order valence-electron chi connectivity index (χ1n) is 8.91. The molecule has 0 unspecified atom stereocenters. The molecule has 1 aliphatic carbocycles. The molecule has 0 bridgehead atoms. The van der Waals surface area contributed by atoms with Crippen LogP contribution in [0.25, 0.3) is 11.2 Å². The zero-order valence-electron chi connectivity index (χ0n) is 15.2. The van der Waals surface area contributed by atoms with Gasteiger partial charge in [-0.25, -0.2) is 13.4 Å². The van der Waals surface area contributed by atoms with Gasteiger partial charge in [0.1, 0.15) is 5.52 Å². The van der Waals surface area contributed by atoms with E-state index in [0.29, 0.717) is 16.9 Å². The Kier molecular flexibility index (Phi) is 4.50. The van der Waals surface area contributed by atoms with Gasteiger partial charge in [0.2, 0.25) is 5.95 Å². The van der Waals surface area contributed by atoms with E-state index in [1.165, 1.54) is 22.9 Å². The Labute approximate surface area is 160 Å². The lowest BCUT2D eigenvalue weighted by atomic mass is 10.2. The molecule has 0 saturated heterocycles. The topological polar surface area (TPSA) is 127 Å². The molecule has 0 radical (unpaired) electrons. The summed E-state index contributed by atoms with van der Waals surface area (Å²) in [5, 5.41) is 3.00. The highest BCUT2D eigenvalue weighted by molar-refractivity contribution is 7.90. The van der Waals surface area contributed by atoms with E-state index in [9.17, 15) is 18.0 Å². The molecule has 10 heteroatoms. The van der Waals surface area contributed by atoms with Crippen LogP contribution >= 0.6 is 0 Å². The van der Waals surface area contributed by atoms with Crippen molar-refractivity contribution < 1.29 is 8.42 Å². The summed E-state index contributed by atoms with van der Waals surface area (Å²) in [6, 6.07) is 6.16. The molecule has 1 saturated carbocycles. The van der Waals surface area contributed by atoms with Gasteiger partial charge in [0.25, 0.3) is 0 Å². The van der Waals surface area contributed by atoms with Crippen molar-refractivity contribution in [3.05, 3.63) is 51.2 Å². The Morgan fingerprint density at radius 2 is 1.82 bits per heavy atom. The number of H-pyrrole nitrogens is 1. The summed E-state index contributed by atoms with van der Waals surface area (Å²) in [5.74, 6) is 0.248. The standard InChI is InChI=1S/C18H19N5O4S/c1-28(26,27)13-8-6-11(7-9-13)20-18-19-10-14-15(22-18)23(12-4-2-3-5-12)17(25)16(24)21-14/h6-10,12H,2-5H2,1H3,(H,21,24)(H,19,20,22). The molecule has 2 N–H and O–H groups in total. The summed E-state index contributed by atoms with van der Waals surface area (Å²) in [5.41, 5.74) is 0.0868. The van der Waals surface area contributed by atoms with Gasteiger partial charge in [0, 0.05) is 18.0 Å². The highest BCUT2D eigenvalue weighted by Crippen LogP contribution is 2.29. The number of sulfone groups is 1. The first kappa shape index (κ1) is 18.4. The number of fused-ring (bicyclic) bond motifs is 1. The van der Waals surface area contributed by atoms with E-state index in [1.807, 2.05) is 0 Å². The predicted octanol–water partition coefficient (Wildman–Crippen LogP) is 1.74. The van der Waals surface area contributed by atoms with Gasteiger partial charge in [-0.3, -0.25) is 14.2 Å². The highest BCUT2D eigenvalue weighted by Gasteiger charge is 2.22. The lowest BCUT2D eigenvalue weighted by molar-refractivity contribution is 0.511. The molecule has 1 fully saturated rings. The van der Waals surface area contributed by atoms with E-state index in [2.05, 4.69) is 20.3 Å². The number of hydrogen-bond acceptors (Lipinski definition) is 7. The lowest BCUT2D eigenvalue weighted by Gasteiger charge is -2.15. The molecule has 2 aromatic heterocycles. The van der Waals surface area contributed by atoms with Crippen LogP contribution in [0.5, 0.6) is 0 Å². The van der Waals surface area contributed by atoms with Crippen LogP contribution in [0.4, 0.5) is 11.6 Å². The summed E-state index contributed by atoms with van der Waals surface area (Å²) < 4.78 is 24.6. The monoisotopic (exact) mass is 401 g/mol. The Morgan fingerprint density at radius 1 is 1.14 bits per heavy atom. The number of rotatable bonds is 4. The average molecular weight is 401 g/mol. The van der Waals surface area contributed by atoms with Gasteiger partial charge in [-0.2, -0.15) is 4.98 Å². The van der Waals surface area contributed by atoms with Crippen molar-refractivity contribution in [3.8, 4) is 0 Å². The van der Waals surface area contributed by atoms with Gasteiger partial charge >= 0.3 is 11.1 Å². The third kappa shape index (κ3) is 3.42. The average Bonchev–Trinajstić information content (AvgIpc) is 3.17. The van der Waals surface area contributed by atoms with E-state index in [4.69, 9.17) is 0 Å². The number of anilines is 2. The maximum atomic E-state index is 12.5. The number of nitrogens with one attached hydrogen (secondary N) is 2. The molecule has 2 heterocycles. The third-order valence-corrected chi connectivity index (χ3v) is 6.01. The first-order chi connectivity index (χ1) is 13.3. The zero-order chi connectivity index (χ0) is 19.9. The smallest absolute Gasteiger partial charge is 0.318 e. The number of aromatic nitrogens is 4. The Balaban J connectivity index is 1.75. The molecule has 4 rings (SSSR count). The van der Waals surface area contributed by atoms with Gasteiger partial charge in [0.05, 0.1) is 11.1 Å². The van der Waals surface area contributed by atoms with Gasteiger partial charge in [-0.15, -0.1) is 0 Å². The van der Waals surface area contributed by atoms with E-state index in [0.717, 1.165) is 31.9 Å². The normalized spacial score (nSPS) is 15.2. The highest BCUT2D eigenvalue weighted by atomic mass is 32.2. The SMILES string of the molecule is CS(=O)(=O)c1ccc(Nc2ncc3[nH]c(=O)c(=O)n(C4CCCC4)c3n2)cc1. The van der Waals surface area contributed by atoms with Crippen LogP contribution in [0.3, 0.4) is 0 Å². The molecular weight excluding hydrogens is 382 g/mol. The maximum absolute atomic E-state index is 12.5. The molecule has 28 heavy (non-hydrogen) atoms. The van der Waals surface area contributed by atoms with E-state index in [1.54, 1.807) is 12.1 Å². The van der Waals surface area contributed by atoms with E-state index < -0.39 is 21.0 Å². The second kappa shape index (κ2) is 6.86. The third-order valence-electron chi connectivity index (χ3n) is 4.89. The molecule has 9 nitrogen and oxygen atoms in total. The van der Waals surface area contributed by atoms with Crippen molar-refractivity contribution in [3.63, 3.8) is 0 Å². The summed E-state index contributed by atoms with van der Waals surface area (Å²) in [6.07, 6.45) is 6.28. The van der Waals surface area contributed by atoms with Crippen LogP contribution in [0.1, 0.15) is 31.7 Å². The molecule has 1 aliphatic rings. The molecule has 0 spiro atoms. The largest absolute Gasteiger partial charge is 0.324 e. The Hall–Kier alpha value is -3.01. The second-order valence-corrected chi connectivity index (χ2v) is 8.94. The van der Waals surface area contributed by atoms with Crippen LogP contribution < -0.4 is 16.4 Å². The quantitative estimate of drug-likeness (QED) is 0.638. The molecule has 0 atom stereocenters. The second-order valence-electron chi connectivity index (χ2n) is 6.92. The van der Waals surface area contributed by atoms with Crippen LogP contribution in [-0.2, 0) is 9.84 Å². The fraction of sp³-hybridized carbons (Fsp3) is 0.333. The summed E-state index contributed by atoms with van der Waals surface area (Å²) in [4.78, 5) is 35.8. The van der Waals surface area contributed by atoms with Crippen LogP contribution in [0.2, 0.25) is 0 Å². The molecular formula is C18H19N5O4S. The number of hydrogen-bond donors (Lipinski definition) is 2. The van der Waals surface area contributed by atoms with Crippen molar-refractivity contribution >= 4 is 32.6 Å². The van der Waals surface area contributed by atoms with Crippen LogP contribution in [0.15, 0.2) is 44.9 Å². The number of aromatic amines is 1. The molecule has 0 aliphatic heterocycles. The zero-order valence-corrected chi connectivity index (χ0v) is 16.0. The van der Waals surface area contributed by atoms with Crippen molar-refractivity contribution in [2.75, 3.05) is 11.6 Å². The minimum Gasteiger partial charge on any atom is -0.324 e. The summed E-state index contributed by atoms with van der Waals surface area (Å²) >= 11 is 0. The van der Waals surface area contributed by atoms with Crippen molar-refractivity contribution in [1.29, 1.82) is 0 Å². The molecule has 146 valence electrons. The Bertz CT molecular complexity index is 1260. The summed E-state index contributed by atoms with van der Waals surface area (Å²) in [6.45, 7) is 0. The van der Waals surface area contributed by atoms with Crippen LogP contribution in [-0.4, -0.2) is 34.2 Å². The molecule has 3 aromatic rings. The fourth-order valence-corrected chi connectivity index (χ4v) is 4.13. The molecule has 1 aromatic carbocycles. The molecule has 0 amide bonds.